The highest BCUT2D eigenvalue weighted by molar-refractivity contribution is 6.65. The van der Waals surface area contributed by atoms with Crippen molar-refractivity contribution < 1.29 is 18.1 Å². The Labute approximate surface area is 321 Å². The molecule has 3 aliphatic rings. The Morgan fingerprint density at radius 1 is 0.444 bits per heavy atom. The van der Waals surface area contributed by atoms with Gasteiger partial charge in [-0.1, -0.05) is 118 Å². The molecule has 11 rings (SSSR count). The smallest absolute Gasteiger partial charge is 0.456 e. The Hall–Kier alpha value is -4.81. The fraction of sp³-hybridized carbons (Fsp3) is 0.250. The first-order valence-electron chi connectivity index (χ1n) is 18.9. The summed E-state index contributed by atoms with van der Waals surface area (Å²) in [4.78, 5) is 0. The van der Waals surface area contributed by atoms with Gasteiger partial charge in [-0.25, -0.2) is 0 Å². The third-order valence-electron chi connectivity index (χ3n) is 12.9. The van der Waals surface area contributed by atoms with Crippen molar-refractivity contribution in [1.82, 2.24) is 0 Å². The molecule has 4 nitrogen and oxygen atoms in total. The van der Waals surface area contributed by atoms with E-state index in [0.29, 0.717) is 5.02 Å². The van der Waals surface area contributed by atoms with Gasteiger partial charge in [-0.15, -0.1) is 0 Å². The lowest BCUT2D eigenvalue weighted by atomic mass is 9.78. The highest BCUT2D eigenvalue weighted by Crippen LogP contribution is 2.52. The summed E-state index contributed by atoms with van der Waals surface area (Å²) in [5.41, 5.74) is 14.2. The van der Waals surface area contributed by atoms with Gasteiger partial charge in [0.05, 0.1) is 16.2 Å². The highest BCUT2D eigenvalue weighted by Gasteiger charge is 2.52. The molecule has 2 aliphatic carbocycles. The van der Waals surface area contributed by atoms with E-state index in [1.54, 1.807) is 0 Å². The van der Waals surface area contributed by atoms with Crippen LogP contribution in [0.4, 0.5) is 0 Å². The molecule has 2 aromatic heterocycles. The lowest BCUT2D eigenvalue weighted by Gasteiger charge is -2.32. The Morgan fingerprint density at radius 3 is 1.44 bits per heavy atom. The van der Waals surface area contributed by atoms with E-state index >= 15 is 0 Å². The van der Waals surface area contributed by atoms with Gasteiger partial charge in [-0.3, -0.25) is 0 Å². The van der Waals surface area contributed by atoms with Crippen molar-refractivity contribution in [3.8, 4) is 22.3 Å². The molecule has 0 radical (unpaired) electrons. The summed E-state index contributed by atoms with van der Waals surface area (Å²) in [7, 11) is -0.446. The SMILES string of the molecule is CC1(C)c2ccccc2-c2cc3c(cc21)oc1c(B2OC(C)(C)C(C)(C)O2)cccc13.CC1(C)c2ccccc2-c2cc3c(cc21)oc1c(Cl)cccc13. The molecule has 6 aromatic carbocycles. The Morgan fingerprint density at radius 2 is 0.907 bits per heavy atom. The number of furan rings is 2. The average Bonchev–Trinajstić information content (AvgIpc) is 3.88. The largest absolute Gasteiger partial charge is 0.498 e. The third kappa shape index (κ3) is 4.59. The number of fused-ring (bicyclic) bond motifs is 12. The van der Waals surface area contributed by atoms with Crippen molar-refractivity contribution in [2.45, 2.75) is 77.4 Å². The van der Waals surface area contributed by atoms with E-state index in [4.69, 9.17) is 29.7 Å². The van der Waals surface area contributed by atoms with Crippen LogP contribution < -0.4 is 5.46 Å². The molecule has 1 aliphatic heterocycles. The molecule has 8 aromatic rings. The number of hydrogen-bond donors (Lipinski definition) is 0. The van der Waals surface area contributed by atoms with E-state index in [2.05, 4.69) is 152 Å². The molecule has 1 fully saturated rings. The summed E-state index contributed by atoms with van der Waals surface area (Å²) in [6, 6.07) is 38.6. The van der Waals surface area contributed by atoms with Crippen LogP contribution in [0, 0.1) is 0 Å². The number of hydrogen-bond acceptors (Lipinski definition) is 4. The third-order valence-corrected chi connectivity index (χ3v) is 13.2. The fourth-order valence-corrected chi connectivity index (χ4v) is 9.34. The Balaban J connectivity index is 0.000000140. The van der Waals surface area contributed by atoms with Crippen molar-refractivity contribution in [3.05, 3.63) is 136 Å². The zero-order chi connectivity index (χ0) is 37.5. The number of halogens is 1. The van der Waals surface area contributed by atoms with Crippen molar-refractivity contribution in [2.24, 2.45) is 0 Å². The number of benzene rings is 6. The molecule has 0 unspecified atom stereocenters. The van der Waals surface area contributed by atoms with Gasteiger partial charge in [0.2, 0.25) is 0 Å². The molecule has 0 amide bonds. The van der Waals surface area contributed by atoms with Gasteiger partial charge in [0.25, 0.3) is 0 Å². The molecular formula is C48H42BClO4. The van der Waals surface area contributed by atoms with Crippen LogP contribution in [-0.2, 0) is 20.1 Å². The molecule has 0 spiro atoms. The van der Waals surface area contributed by atoms with Crippen molar-refractivity contribution in [2.75, 3.05) is 0 Å². The van der Waals surface area contributed by atoms with Crippen LogP contribution in [0.25, 0.3) is 66.1 Å². The second-order valence-corrected chi connectivity index (χ2v) is 17.7. The zero-order valence-corrected chi connectivity index (χ0v) is 32.7. The van der Waals surface area contributed by atoms with E-state index < -0.39 is 7.12 Å². The first-order chi connectivity index (χ1) is 25.7. The molecule has 3 heterocycles. The number of para-hydroxylation sites is 2. The second kappa shape index (κ2) is 11.1. The minimum Gasteiger partial charge on any atom is -0.456 e. The van der Waals surface area contributed by atoms with E-state index in [1.807, 2.05) is 12.1 Å². The summed E-state index contributed by atoms with van der Waals surface area (Å²) >= 11 is 6.30. The van der Waals surface area contributed by atoms with Gasteiger partial charge in [0.1, 0.15) is 16.7 Å². The maximum absolute atomic E-state index is 6.49. The second-order valence-electron chi connectivity index (χ2n) is 17.3. The summed E-state index contributed by atoms with van der Waals surface area (Å²) in [6.45, 7) is 17.5. The lowest BCUT2D eigenvalue weighted by molar-refractivity contribution is 0.00578. The van der Waals surface area contributed by atoms with Crippen LogP contribution in [0.5, 0.6) is 0 Å². The monoisotopic (exact) mass is 728 g/mol. The van der Waals surface area contributed by atoms with Crippen LogP contribution in [0.1, 0.15) is 77.6 Å². The summed E-state index contributed by atoms with van der Waals surface area (Å²) in [5, 5.41) is 5.12. The van der Waals surface area contributed by atoms with Gasteiger partial charge in [-0.05, 0) is 103 Å². The van der Waals surface area contributed by atoms with Crippen LogP contribution in [0.15, 0.2) is 118 Å². The molecule has 268 valence electrons. The van der Waals surface area contributed by atoms with Crippen molar-refractivity contribution in [1.29, 1.82) is 0 Å². The molecule has 54 heavy (non-hydrogen) atoms. The fourth-order valence-electron chi connectivity index (χ4n) is 9.13. The predicted molar refractivity (Wildman–Crippen MR) is 223 cm³/mol. The van der Waals surface area contributed by atoms with Gasteiger partial charge < -0.3 is 18.1 Å². The zero-order valence-electron chi connectivity index (χ0n) is 32.0. The van der Waals surface area contributed by atoms with E-state index in [0.717, 1.165) is 49.3 Å². The average molecular weight is 729 g/mol. The van der Waals surface area contributed by atoms with Gasteiger partial charge in [0.15, 0.2) is 5.58 Å². The van der Waals surface area contributed by atoms with Gasteiger partial charge in [-0.2, -0.15) is 0 Å². The molecule has 0 bridgehead atoms. The Bertz CT molecular complexity index is 2850. The summed E-state index contributed by atoms with van der Waals surface area (Å²) < 4.78 is 25.2. The Kier molecular flexibility index (Phi) is 6.96. The standard InChI is InChI=1S/C27H27BO3.C21H15ClO/c1-25(2)20-12-8-7-10-16(20)18-14-19-17-11-9-13-22(24(17)29-23(19)15-21(18)25)28-30-26(3,4)27(5,6)31-28;1-21(2)16-8-4-3-6-12(16)14-10-15-13-7-5-9-18(22)20(13)23-19(15)11-17(14)21/h7-15H,1-6H3;3-11H,1-2H3. The summed E-state index contributed by atoms with van der Waals surface area (Å²) in [5.74, 6) is 0. The molecule has 0 saturated carbocycles. The van der Waals surface area contributed by atoms with Gasteiger partial charge >= 0.3 is 7.12 Å². The van der Waals surface area contributed by atoms with Crippen LogP contribution in [-0.4, -0.2) is 18.3 Å². The normalized spacial score (nSPS) is 18.1. The minimum atomic E-state index is -0.446. The summed E-state index contributed by atoms with van der Waals surface area (Å²) in [6.07, 6.45) is 0. The maximum atomic E-state index is 6.49. The molecule has 0 N–H and O–H groups in total. The maximum Gasteiger partial charge on any atom is 0.498 e. The first-order valence-corrected chi connectivity index (χ1v) is 19.3. The number of rotatable bonds is 1. The van der Waals surface area contributed by atoms with E-state index in [9.17, 15) is 0 Å². The van der Waals surface area contributed by atoms with E-state index in [1.165, 1.54) is 44.5 Å². The molecule has 1 saturated heterocycles. The predicted octanol–water partition coefficient (Wildman–Crippen LogP) is 12.7. The van der Waals surface area contributed by atoms with Crippen molar-refractivity contribution >= 4 is 68.1 Å². The molecule has 6 heteroatoms. The first kappa shape index (κ1) is 33.7. The highest BCUT2D eigenvalue weighted by atomic mass is 35.5. The topological polar surface area (TPSA) is 44.7 Å². The van der Waals surface area contributed by atoms with Crippen LogP contribution >= 0.6 is 11.6 Å². The lowest BCUT2D eigenvalue weighted by Crippen LogP contribution is -2.41. The quantitative estimate of drug-likeness (QED) is 0.158. The van der Waals surface area contributed by atoms with Crippen LogP contribution in [0.3, 0.4) is 0 Å². The molecule has 0 atom stereocenters. The van der Waals surface area contributed by atoms with Crippen molar-refractivity contribution in [3.63, 3.8) is 0 Å². The molecular weight excluding hydrogens is 687 g/mol. The van der Waals surface area contributed by atoms with Crippen LogP contribution in [0.2, 0.25) is 5.02 Å². The van der Waals surface area contributed by atoms with Gasteiger partial charge in [0, 0.05) is 37.8 Å². The minimum absolute atomic E-state index is 0.0110. The van der Waals surface area contributed by atoms with E-state index in [-0.39, 0.29) is 22.0 Å².